The lowest BCUT2D eigenvalue weighted by Gasteiger charge is -2.57. The summed E-state index contributed by atoms with van der Waals surface area (Å²) in [7, 11) is 0. The third kappa shape index (κ3) is 6.61. The maximum Gasteiger partial charge on any atom is 0.317 e. The van der Waals surface area contributed by atoms with E-state index in [2.05, 4.69) is 42.0 Å². The average molecular weight is 487 g/mol. The summed E-state index contributed by atoms with van der Waals surface area (Å²) in [5, 5.41) is 3.26. The molecule has 1 aliphatic heterocycles. The number of allylic oxidation sites excluding steroid dienone is 1. The molecule has 5 rings (SSSR count). The largest absolute Gasteiger partial charge is 0.337 e. The third-order valence-corrected chi connectivity index (χ3v) is 9.58. The predicted octanol–water partition coefficient (Wildman–Crippen LogP) is 5.05. The summed E-state index contributed by atoms with van der Waals surface area (Å²) in [6.45, 7) is 12.9. The van der Waals surface area contributed by atoms with Crippen molar-refractivity contribution < 1.29 is 9.59 Å². The van der Waals surface area contributed by atoms with Gasteiger partial charge in [0.15, 0.2) is 0 Å². The first-order valence-electron chi connectivity index (χ1n) is 14.6. The van der Waals surface area contributed by atoms with Crippen LogP contribution in [0.25, 0.3) is 0 Å². The van der Waals surface area contributed by atoms with Gasteiger partial charge in [-0.25, -0.2) is 4.79 Å². The Bertz CT molecular complexity index is 750. The van der Waals surface area contributed by atoms with Crippen molar-refractivity contribution in [2.75, 3.05) is 45.8 Å². The highest BCUT2D eigenvalue weighted by Gasteiger charge is 2.51. The van der Waals surface area contributed by atoms with E-state index in [4.69, 9.17) is 0 Å². The molecule has 0 aromatic heterocycles. The Labute approximate surface area is 213 Å². The van der Waals surface area contributed by atoms with Gasteiger partial charge in [-0.15, -0.1) is 0 Å². The second-order valence-electron chi connectivity index (χ2n) is 12.2. The van der Waals surface area contributed by atoms with E-state index in [0.717, 1.165) is 83.8 Å². The summed E-state index contributed by atoms with van der Waals surface area (Å²) in [6, 6.07) is 0.488. The second kappa shape index (κ2) is 12.1. The fraction of sp³-hybridized carbons (Fsp3) is 0.862. The van der Waals surface area contributed by atoms with Crippen LogP contribution >= 0.6 is 0 Å². The van der Waals surface area contributed by atoms with E-state index >= 15 is 0 Å². The Hall–Kier alpha value is -1.56. The number of nitrogens with zero attached hydrogens (tertiary/aromatic N) is 3. The molecule has 2 bridgehead atoms. The lowest BCUT2D eigenvalue weighted by atomic mass is 9.49. The molecule has 6 nitrogen and oxygen atoms in total. The Balaban J connectivity index is 1.25. The maximum absolute atomic E-state index is 13.2. The Morgan fingerprint density at radius 1 is 1.09 bits per heavy atom. The monoisotopic (exact) mass is 486 g/mol. The zero-order chi connectivity index (χ0) is 24.8. The minimum Gasteiger partial charge on any atom is -0.337 e. The number of fused-ring (bicyclic) bond motifs is 1. The predicted molar refractivity (Wildman–Crippen MR) is 142 cm³/mol. The van der Waals surface area contributed by atoms with E-state index < -0.39 is 0 Å². The smallest absolute Gasteiger partial charge is 0.317 e. The zero-order valence-corrected chi connectivity index (χ0v) is 22.7. The molecule has 1 saturated heterocycles. The third-order valence-electron chi connectivity index (χ3n) is 9.58. The topological polar surface area (TPSA) is 55.9 Å². The fourth-order valence-electron chi connectivity index (χ4n) is 6.80. The number of nitrogens with one attached hydrogen (secondary N) is 1. The maximum atomic E-state index is 13.2. The van der Waals surface area contributed by atoms with Gasteiger partial charge < -0.3 is 15.1 Å². The molecule has 2 atom stereocenters. The summed E-state index contributed by atoms with van der Waals surface area (Å²) >= 11 is 0. The van der Waals surface area contributed by atoms with Crippen LogP contribution in [0.15, 0.2) is 11.6 Å². The number of hydrogen-bond donors (Lipinski definition) is 1. The van der Waals surface area contributed by atoms with Gasteiger partial charge in [-0.2, -0.15) is 0 Å². The van der Waals surface area contributed by atoms with Crippen LogP contribution in [0, 0.1) is 17.3 Å². The number of amides is 3. The highest BCUT2D eigenvalue weighted by molar-refractivity contribution is 5.76. The molecule has 5 aliphatic rings. The van der Waals surface area contributed by atoms with Crippen LogP contribution in [0.5, 0.6) is 0 Å². The SMILES string of the molecule is CCCCCC(=O)N(CCN1CCN(C(=O)NC2CCCCC2)CC1)CC1=CCC2CC1C2(C)C. The van der Waals surface area contributed by atoms with Gasteiger partial charge in [0, 0.05) is 58.3 Å². The quantitative estimate of drug-likeness (QED) is 0.347. The van der Waals surface area contributed by atoms with Crippen LogP contribution in [0.3, 0.4) is 0 Å². The first-order valence-corrected chi connectivity index (χ1v) is 14.6. The van der Waals surface area contributed by atoms with Crippen molar-refractivity contribution in [2.24, 2.45) is 17.3 Å². The molecule has 2 saturated carbocycles. The number of carbonyl (C=O) groups is 2. The van der Waals surface area contributed by atoms with Crippen LogP contribution in [0.4, 0.5) is 4.79 Å². The van der Waals surface area contributed by atoms with E-state index in [0.29, 0.717) is 29.7 Å². The highest BCUT2D eigenvalue weighted by atomic mass is 16.2. The van der Waals surface area contributed by atoms with Gasteiger partial charge in [0.2, 0.25) is 5.91 Å². The number of rotatable bonds is 10. The molecule has 0 aromatic rings. The van der Waals surface area contributed by atoms with Crippen molar-refractivity contribution in [3.8, 4) is 0 Å². The second-order valence-corrected chi connectivity index (χ2v) is 12.2. The Kier molecular flexibility index (Phi) is 9.18. The van der Waals surface area contributed by atoms with Gasteiger partial charge in [0.25, 0.3) is 0 Å². The minimum absolute atomic E-state index is 0.120. The summed E-state index contributed by atoms with van der Waals surface area (Å²) < 4.78 is 0. The molecule has 1 heterocycles. The molecule has 6 heteroatoms. The summed E-state index contributed by atoms with van der Waals surface area (Å²) in [6.07, 6.45) is 14.9. The van der Waals surface area contributed by atoms with E-state index in [9.17, 15) is 9.59 Å². The van der Waals surface area contributed by atoms with Gasteiger partial charge in [0.1, 0.15) is 0 Å². The molecular formula is C29H50N4O2. The van der Waals surface area contributed by atoms with Crippen molar-refractivity contribution in [1.29, 1.82) is 0 Å². The molecule has 2 unspecified atom stereocenters. The first-order chi connectivity index (χ1) is 16.9. The van der Waals surface area contributed by atoms with Gasteiger partial charge in [-0.1, -0.05) is 64.5 Å². The van der Waals surface area contributed by atoms with Gasteiger partial charge >= 0.3 is 6.03 Å². The van der Waals surface area contributed by atoms with Crippen LogP contribution in [0.2, 0.25) is 0 Å². The van der Waals surface area contributed by atoms with Crippen molar-refractivity contribution in [1.82, 2.24) is 20.0 Å². The molecule has 0 aromatic carbocycles. The van der Waals surface area contributed by atoms with Crippen molar-refractivity contribution in [2.45, 2.75) is 97.4 Å². The first kappa shape index (κ1) is 26.5. The van der Waals surface area contributed by atoms with E-state index in [1.54, 1.807) is 0 Å². The molecule has 3 fully saturated rings. The zero-order valence-electron chi connectivity index (χ0n) is 22.7. The van der Waals surface area contributed by atoms with Crippen LogP contribution < -0.4 is 5.32 Å². The number of carbonyl (C=O) groups excluding carboxylic acids is 2. The number of piperazine rings is 1. The summed E-state index contributed by atoms with van der Waals surface area (Å²) in [4.78, 5) is 32.5. The molecular weight excluding hydrogens is 436 g/mol. The molecule has 0 radical (unpaired) electrons. The minimum atomic E-state index is 0.120. The summed E-state index contributed by atoms with van der Waals surface area (Å²) in [5.74, 6) is 1.80. The van der Waals surface area contributed by atoms with Crippen LogP contribution in [-0.2, 0) is 4.79 Å². The number of unbranched alkanes of at least 4 members (excludes halogenated alkanes) is 2. The van der Waals surface area contributed by atoms with Crippen molar-refractivity contribution in [3.63, 3.8) is 0 Å². The van der Waals surface area contributed by atoms with Gasteiger partial charge in [-0.3, -0.25) is 9.69 Å². The normalized spacial score (nSPS) is 26.6. The van der Waals surface area contributed by atoms with E-state index in [-0.39, 0.29) is 6.03 Å². The molecule has 0 spiro atoms. The van der Waals surface area contributed by atoms with Crippen LogP contribution in [-0.4, -0.2) is 78.5 Å². The molecule has 3 amide bonds. The van der Waals surface area contributed by atoms with Crippen molar-refractivity contribution in [3.05, 3.63) is 11.6 Å². The number of hydrogen-bond acceptors (Lipinski definition) is 3. The summed E-state index contributed by atoms with van der Waals surface area (Å²) in [5.41, 5.74) is 1.90. The van der Waals surface area contributed by atoms with Crippen molar-refractivity contribution >= 4 is 11.9 Å². The fourth-order valence-corrected chi connectivity index (χ4v) is 6.80. The lowest BCUT2D eigenvalue weighted by Crippen LogP contribution is -2.55. The van der Waals surface area contributed by atoms with Crippen LogP contribution in [0.1, 0.15) is 91.4 Å². The lowest BCUT2D eigenvalue weighted by molar-refractivity contribution is -0.131. The Morgan fingerprint density at radius 2 is 1.83 bits per heavy atom. The molecule has 35 heavy (non-hydrogen) atoms. The average Bonchev–Trinajstić information content (AvgIpc) is 2.87. The molecule has 4 aliphatic carbocycles. The highest BCUT2D eigenvalue weighted by Crippen LogP contribution is 2.59. The van der Waals surface area contributed by atoms with E-state index in [1.165, 1.54) is 37.7 Å². The van der Waals surface area contributed by atoms with E-state index in [1.807, 2.05) is 4.90 Å². The standard InChI is InChI=1S/C29H50N4O2/c1-4-5-7-12-27(34)33(22-23-13-14-24-21-26(23)29(24,2)3)20-17-31-15-18-32(19-16-31)28(35)30-25-10-8-6-9-11-25/h13,24-26H,4-12,14-22H2,1-3H3,(H,30,35). The molecule has 198 valence electrons. The molecule has 1 N–H and O–H groups in total. The number of urea groups is 1. The Morgan fingerprint density at radius 3 is 2.49 bits per heavy atom. The van der Waals surface area contributed by atoms with Gasteiger partial charge in [-0.05, 0) is 49.4 Å². The van der Waals surface area contributed by atoms with Gasteiger partial charge in [0.05, 0.1) is 0 Å².